The van der Waals surface area contributed by atoms with Gasteiger partial charge in [0.25, 0.3) is 0 Å². The van der Waals surface area contributed by atoms with Crippen molar-refractivity contribution in [3.63, 3.8) is 0 Å². The van der Waals surface area contributed by atoms with Gasteiger partial charge in [0.15, 0.2) is 5.78 Å². The van der Waals surface area contributed by atoms with Crippen molar-refractivity contribution in [2.75, 3.05) is 0 Å². The van der Waals surface area contributed by atoms with Crippen LogP contribution in [0.25, 0.3) is 0 Å². The molecule has 1 aromatic carbocycles. The smallest absolute Gasteiger partial charge is 0.159 e. The molecule has 1 saturated carbocycles. The molecule has 1 nitrogen and oxygen atoms in total. The third kappa shape index (κ3) is 1.69. The van der Waals surface area contributed by atoms with Crippen molar-refractivity contribution in [3.8, 4) is 0 Å². The molecule has 1 fully saturated rings. The van der Waals surface area contributed by atoms with Gasteiger partial charge in [0, 0.05) is 5.56 Å². The van der Waals surface area contributed by atoms with Gasteiger partial charge in [-0.15, -0.1) is 0 Å². The minimum atomic E-state index is -0.618. The fourth-order valence-electron chi connectivity index (χ4n) is 1.81. The molecule has 0 heterocycles. The SMILES string of the molecule is CC(=O)c1ccc(C2CC(F)C2)cc1. The third-order valence-electron chi connectivity index (χ3n) is 2.87. The summed E-state index contributed by atoms with van der Waals surface area (Å²) in [5.41, 5.74) is 1.88. The lowest BCUT2D eigenvalue weighted by Gasteiger charge is -2.29. The summed E-state index contributed by atoms with van der Waals surface area (Å²) < 4.78 is 12.6. The Hall–Kier alpha value is -1.18. The lowest BCUT2D eigenvalue weighted by Crippen LogP contribution is -2.22. The summed E-state index contributed by atoms with van der Waals surface area (Å²) in [5.74, 6) is 0.444. The van der Waals surface area contributed by atoms with Gasteiger partial charge in [-0.3, -0.25) is 4.79 Å². The van der Waals surface area contributed by atoms with Crippen LogP contribution < -0.4 is 0 Å². The number of hydrogen-bond donors (Lipinski definition) is 0. The van der Waals surface area contributed by atoms with Crippen LogP contribution in [0.5, 0.6) is 0 Å². The Morgan fingerprint density at radius 3 is 2.29 bits per heavy atom. The van der Waals surface area contributed by atoms with E-state index in [1.165, 1.54) is 0 Å². The first-order valence-corrected chi connectivity index (χ1v) is 4.92. The molecule has 0 atom stereocenters. The molecule has 1 aromatic rings. The van der Waals surface area contributed by atoms with Gasteiger partial charge in [-0.1, -0.05) is 24.3 Å². The molecule has 2 rings (SSSR count). The maximum atomic E-state index is 12.6. The zero-order valence-electron chi connectivity index (χ0n) is 8.16. The maximum absolute atomic E-state index is 12.6. The van der Waals surface area contributed by atoms with Gasteiger partial charge in [0.05, 0.1) is 0 Å². The molecular weight excluding hydrogens is 179 g/mol. The summed E-state index contributed by atoms with van der Waals surface area (Å²) in [7, 11) is 0. The van der Waals surface area contributed by atoms with Crippen molar-refractivity contribution in [1.29, 1.82) is 0 Å². The van der Waals surface area contributed by atoms with Gasteiger partial charge in [0.2, 0.25) is 0 Å². The lowest BCUT2D eigenvalue weighted by molar-refractivity contribution is 0.101. The number of alkyl halides is 1. The summed E-state index contributed by atoms with van der Waals surface area (Å²) in [6.45, 7) is 1.55. The lowest BCUT2D eigenvalue weighted by atomic mass is 9.78. The van der Waals surface area contributed by atoms with E-state index in [4.69, 9.17) is 0 Å². The average Bonchev–Trinajstić information content (AvgIpc) is 2.13. The zero-order chi connectivity index (χ0) is 10.1. The molecule has 74 valence electrons. The van der Waals surface area contributed by atoms with Crippen LogP contribution in [0.4, 0.5) is 4.39 Å². The zero-order valence-corrected chi connectivity index (χ0v) is 8.16. The Morgan fingerprint density at radius 1 is 1.29 bits per heavy atom. The number of ketones is 1. The van der Waals surface area contributed by atoms with Crippen LogP contribution in [0, 0.1) is 0 Å². The largest absolute Gasteiger partial charge is 0.295 e. The fourth-order valence-corrected chi connectivity index (χ4v) is 1.81. The molecule has 0 radical (unpaired) electrons. The number of rotatable bonds is 2. The highest BCUT2D eigenvalue weighted by molar-refractivity contribution is 5.94. The third-order valence-corrected chi connectivity index (χ3v) is 2.87. The van der Waals surface area contributed by atoms with Crippen LogP contribution in [-0.4, -0.2) is 12.0 Å². The van der Waals surface area contributed by atoms with Crippen molar-refractivity contribution in [2.45, 2.75) is 31.9 Å². The molecule has 0 saturated heterocycles. The van der Waals surface area contributed by atoms with E-state index >= 15 is 0 Å². The molecular formula is C12H13FO. The van der Waals surface area contributed by atoms with E-state index in [0.29, 0.717) is 18.8 Å². The standard InChI is InChI=1S/C12H13FO/c1-8(14)9-2-4-10(5-3-9)11-6-12(13)7-11/h2-5,11-12H,6-7H2,1H3. The topological polar surface area (TPSA) is 17.1 Å². The van der Waals surface area contributed by atoms with E-state index in [2.05, 4.69) is 0 Å². The van der Waals surface area contributed by atoms with Crippen molar-refractivity contribution in [3.05, 3.63) is 35.4 Å². The molecule has 0 aliphatic heterocycles. The Kier molecular flexibility index (Phi) is 2.36. The number of Topliss-reactive ketones (excluding diaryl/α,β-unsaturated/α-hetero) is 1. The molecule has 1 aliphatic carbocycles. The highest BCUT2D eigenvalue weighted by Crippen LogP contribution is 2.38. The van der Waals surface area contributed by atoms with Crippen molar-refractivity contribution in [1.82, 2.24) is 0 Å². The quantitative estimate of drug-likeness (QED) is 0.658. The maximum Gasteiger partial charge on any atom is 0.159 e. The van der Waals surface area contributed by atoms with Crippen LogP contribution in [0.15, 0.2) is 24.3 Å². The van der Waals surface area contributed by atoms with Crippen molar-refractivity contribution < 1.29 is 9.18 Å². The summed E-state index contributed by atoms with van der Waals surface area (Å²) >= 11 is 0. The van der Waals surface area contributed by atoms with E-state index in [1.807, 2.05) is 24.3 Å². The second kappa shape index (κ2) is 3.52. The van der Waals surface area contributed by atoms with Crippen LogP contribution >= 0.6 is 0 Å². The van der Waals surface area contributed by atoms with E-state index < -0.39 is 6.17 Å². The monoisotopic (exact) mass is 192 g/mol. The predicted octanol–water partition coefficient (Wildman–Crippen LogP) is 3.10. The minimum Gasteiger partial charge on any atom is -0.295 e. The van der Waals surface area contributed by atoms with Gasteiger partial charge < -0.3 is 0 Å². The molecule has 0 N–H and O–H groups in total. The molecule has 0 bridgehead atoms. The van der Waals surface area contributed by atoms with E-state index in [0.717, 1.165) is 11.1 Å². The molecule has 0 amide bonds. The average molecular weight is 192 g/mol. The molecule has 2 heteroatoms. The number of hydrogen-bond acceptors (Lipinski definition) is 1. The minimum absolute atomic E-state index is 0.0773. The van der Waals surface area contributed by atoms with Crippen molar-refractivity contribution in [2.24, 2.45) is 0 Å². The van der Waals surface area contributed by atoms with Gasteiger partial charge in [-0.05, 0) is 31.2 Å². The molecule has 0 unspecified atom stereocenters. The summed E-state index contributed by atoms with van der Waals surface area (Å²) in [6, 6.07) is 7.52. The first-order valence-electron chi connectivity index (χ1n) is 4.92. The van der Waals surface area contributed by atoms with Gasteiger partial charge in [-0.2, -0.15) is 0 Å². The van der Waals surface area contributed by atoms with Crippen LogP contribution in [0.1, 0.15) is 41.6 Å². The van der Waals surface area contributed by atoms with Crippen molar-refractivity contribution >= 4 is 5.78 Å². The second-order valence-corrected chi connectivity index (χ2v) is 3.94. The van der Waals surface area contributed by atoms with Crippen LogP contribution in [0.3, 0.4) is 0 Å². The normalized spacial score (nSPS) is 25.6. The highest BCUT2D eigenvalue weighted by atomic mass is 19.1. The summed E-state index contributed by atoms with van der Waals surface area (Å²) in [5, 5.41) is 0. The Labute approximate surface area is 82.9 Å². The number of carbonyl (C=O) groups is 1. The fraction of sp³-hybridized carbons (Fsp3) is 0.417. The van der Waals surface area contributed by atoms with Gasteiger partial charge in [0.1, 0.15) is 6.17 Å². The first kappa shape index (κ1) is 9.38. The van der Waals surface area contributed by atoms with Crippen LogP contribution in [-0.2, 0) is 0 Å². The Morgan fingerprint density at radius 2 is 1.86 bits per heavy atom. The number of carbonyl (C=O) groups excluding carboxylic acids is 1. The number of halogens is 1. The van der Waals surface area contributed by atoms with Gasteiger partial charge >= 0.3 is 0 Å². The van der Waals surface area contributed by atoms with E-state index in [1.54, 1.807) is 6.92 Å². The second-order valence-electron chi connectivity index (χ2n) is 3.94. The molecule has 0 spiro atoms. The van der Waals surface area contributed by atoms with Crippen LogP contribution in [0.2, 0.25) is 0 Å². The van der Waals surface area contributed by atoms with Gasteiger partial charge in [-0.25, -0.2) is 4.39 Å². The number of benzene rings is 1. The molecule has 1 aliphatic rings. The predicted molar refractivity (Wildman–Crippen MR) is 53.3 cm³/mol. The molecule has 0 aromatic heterocycles. The summed E-state index contributed by atoms with van der Waals surface area (Å²) in [6.07, 6.45) is 0.659. The first-order chi connectivity index (χ1) is 6.66. The Bertz CT molecular complexity index is 336. The Balaban J connectivity index is 2.10. The molecule has 14 heavy (non-hydrogen) atoms. The summed E-state index contributed by atoms with van der Waals surface area (Å²) in [4.78, 5) is 11.0. The van der Waals surface area contributed by atoms with E-state index in [9.17, 15) is 9.18 Å². The van der Waals surface area contributed by atoms with E-state index in [-0.39, 0.29) is 5.78 Å². The highest BCUT2D eigenvalue weighted by Gasteiger charge is 2.29.